The number of furan rings is 1. The second-order valence-corrected chi connectivity index (χ2v) is 6.99. The van der Waals surface area contributed by atoms with Gasteiger partial charge in [-0.2, -0.15) is 0 Å². The molecule has 1 aliphatic rings. The van der Waals surface area contributed by atoms with Crippen molar-refractivity contribution in [2.75, 3.05) is 13.2 Å². The topological polar surface area (TPSA) is 42.7 Å². The smallest absolute Gasteiger partial charge is 0.305 e. The van der Waals surface area contributed by atoms with E-state index in [2.05, 4.69) is 16.3 Å². The van der Waals surface area contributed by atoms with Gasteiger partial charge in [-0.05, 0) is 55.8 Å². The highest BCUT2D eigenvalue weighted by Crippen LogP contribution is 2.21. The van der Waals surface area contributed by atoms with Crippen LogP contribution < -0.4 is 0 Å². The fourth-order valence-corrected chi connectivity index (χ4v) is 3.77. The number of nitrogens with zero attached hydrogens (tertiary/aromatic N) is 1. The first-order valence-corrected chi connectivity index (χ1v) is 9.13. The maximum absolute atomic E-state index is 11.9. The average molecular weight is 333 g/mol. The molecule has 0 amide bonds. The summed E-state index contributed by atoms with van der Waals surface area (Å²) in [5.74, 6) is 0.894. The molecule has 3 heterocycles. The predicted octanol–water partition coefficient (Wildman–Crippen LogP) is 3.87. The van der Waals surface area contributed by atoms with Crippen molar-refractivity contribution in [2.45, 2.75) is 44.7 Å². The summed E-state index contributed by atoms with van der Waals surface area (Å²) in [6, 6.07) is 8.38. The lowest BCUT2D eigenvalue weighted by molar-refractivity contribution is -0.145. The van der Waals surface area contributed by atoms with E-state index < -0.39 is 0 Å². The van der Waals surface area contributed by atoms with Crippen LogP contribution in [0.2, 0.25) is 0 Å². The number of ether oxygens (including phenoxy) is 1. The summed E-state index contributed by atoms with van der Waals surface area (Å²) in [5.41, 5.74) is 0. The Labute approximate surface area is 141 Å². The van der Waals surface area contributed by atoms with E-state index in [1.807, 2.05) is 18.2 Å². The first-order chi connectivity index (χ1) is 11.3. The molecule has 0 radical (unpaired) electrons. The number of hydrogen-bond donors (Lipinski definition) is 0. The standard InChI is InChI=1S/C18H23NO3S/c20-18(9-1-7-17-8-4-12-23-17)22-14-15-5-2-10-19(15)13-16-6-3-11-21-16/h3-4,6,8,11-12,15H,1-2,5,7,9-10,13-14H2/t15-/m1/s1. The minimum Gasteiger partial charge on any atom is -0.468 e. The van der Waals surface area contributed by atoms with Gasteiger partial charge >= 0.3 is 5.97 Å². The second-order valence-electron chi connectivity index (χ2n) is 5.96. The number of rotatable bonds is 8. The molecule has 5 heteroatoms. The summed E-state index contributed by atoms with van der Waals surface area (Å²) in [6.45, 7) is 2.34. The van der Waals surface area contributed by atoms with E-state index in [4.69, 9.17) is 9.15 Å². The van der Waals surface area contributed by atoms with E-state index in [1.54, 1.807) is 17.6 Å². The third kappa shape index (κ3) is 4.94. The Hall–Kier alpha value is -1.59. The summed E-state index contributed by atoms with van der Waals surface area (Å²) < 4.78 is 10.9. The van der Waals surface area contributed by atoms with Crippen molar-refractivity contribution in [3.8, 4) is 0 Å². The van der Waals surface area contributed by atoms with Crippen molar-refractivity contribution in [2.24, 2.45) is 0 Å². The van der Waals surface area contributed by atoms with Gasteiger partial charge in [0.1, 0.15) is 12.4 Å². The SMILES string of the molecule is O=C(CCCc1cccs1)OC[C@H]1CCCN1Cc1ccco1. The molecule has 4 nitrogen and oxygen atoms in total. The molecule has 1 fully saturated rings. The average Bonchev–Trinajstić information content (AvgIpc) is 3.29. The third-order valence-corrected chi connectivity index (χ3v) is 5.20. The van der Waals surface area contributed by atoms with Gasteiger partial charge in [0.2, 0.25) is 0 Å². The molecule has 3 rings (SSSR count). The van der Waals surface area contributed by atoms with Crippen molar-refractivity contribution in [3.05, 3.63) is 46.5 Å². The summed E-state index contributed by atoms with van der Waals surface area (Å²) in [6.07, 6.45) is 6.27. The normalized spacial score (nSPS) is 18.3. The van der Waals surface area contributed by atoms with E-state index in [0.717, 1.165) is 44.5 Å². The Morgan fingerprint density at radius 2 is 2.35 bits per heavy atom. The van der Waals surface area contributed by atoms with Crippen LogP contribution in [0.5, 0.6) is 0 Å². The van der Waals surface area contributed by atoms with E-state index in [-0.39, 0.29) is 5.97 Å². The third-order valence-electron chi connectivity index (χ3n) is 4.26. The number of likely N-dealkylation sites (tertiary alicyclic amines) is 1. The van der Waals surface area contributed by atoms with E-state index in [1.165, 1.54) is 4.88 Å². The monoisotopic (exact) mass is 333 g/mol. The Morgan fingerprint density at radius 1 is 1.39 bits per heavy atom. The summed E-state index contributed by atoms with van der Waals surface area (Å²) in [7, 11) is 0. The van der Waals surface area contributed by atoms with Gasteiger partial charge in [0, 0.05) is 17.3 Å². The molecule has 1 aliphatic heterocycles. The quantitative estimate of drug-likeness (QED) is 0.688. The lowest BCUT2D eigenvalue weighted by atomic mass is 10.2. The van der Waals surface area contributed by atoms with Crippen LogP contribution >= 0.6 is 11.3 Å². The van der Waals surface area contributed by atoms with Crippen LogP contribution in [0.3, 0.4) is 0 Å². The molecule has 2 aromatic heterocycles. The number of carbonyl (C=O) groups excluding carboxylic acids is 1. The fraction of sp³-hybridized carbons (Fsp3) is 0.500. The highest BCUT2D eigenvalue weighted by atomic mass is 32.1. The zero-order chi connectivity index (χ0) is 15.9. The molecule has 0 unspecified atom stereocenters. The van der Waals surface area contributed by atoms with Crippen LogP contribution in [-0.2, 0) is 22.5 Å². The van der Waals surface area contributed by atoms with Gasteiger partial charge < -0.3 is 9.15 Å². The molecule has 0 saturated carbocycles. The van der Waals surface area contributed by atoms with Crippen LogP contribution in [0, 0.1) is 0 Å². The lowest BCUT2D eigenvalue weighted by Gasteiger charge is -2.23. The zero-order valence-electron chi connectivity index (χ0n) is 13.3. The molecule has 1 atom stereocenters. The largest absolute Gasteiger partial charge is 0.468 e. The van der Waals surface area contributed by atoms with Crippen LogP contribution in [0.15, 0.2) is 40.3 Å². The maximum Gasteiger partial charge on any atom is 0.305 e. The van der Waals surface area contributed by atoms with Crippen molar-refractivity contribution in [1.82, 2.24) is 4.90 Å². The number of thiophene rings is 1. The van der Waals surface area contributed by atoms with E-state index in [9.17, 15) is 4.79 Å². The Morgan fingerprint density at radius 3 is 3.13 bits per heavy atom. The molecular weight excluding hydrogens is 310 g/mol. The Bertz CT molecular complexity index is 579. The van der Waals surface area contributed by atoms with Crippen molar-refractivity contribution in [3.63, 3.8) is 0 Å². The van der Waals surface area contributed by atoms with Gasteiger partial charge in [0.25, 0.3) is 0 Å². The van der Waals surface area contributed by atoms with Gasteiger partial charge in [-0.1, -0.05) is 6.07 Å². The number of aryl methyl sites for hydroxylation is 1. The van der Waals surface area contributed by atoms with Gasteiger partial charge in [0.05, 0.1) is 12.8 Å². The number of esters is 1. The van der Waals surface area contributed by atoms with Crippen molar-refractivity contribution >= 4 is 17.3 Å². The Kier molecular flexibility index (Phi) is 5.88. The van der Waals surface area contributed by atoms with E-state index >= 15 is 0 Å². The van der Waals surface area contributed by atoms with Crippen LogP contribution in [0.25, 0.3) is 0 Å². The summed E-state index contributed by atoms with van der Waals surface area (Å²) in [4.78, 5) is 15.6. The van der Waals surface area contributed by atoms with Crippen molar-refractivity contribution < 1.29 is 13.9 Å². The van der Waals surface area contributed by atoms with Gasteiger partial charge in [0.15, 0.2) is 0 Å². The van der Waals surface area contributed by atoms with Crippen molar-refractivity contribution in [1.29, 1.82) is 0 Å². The lowest BCUT2D eigenvalue weighted by Crippen LogP contribution is -2.33. The summed E-state index contributed by atoms with van der Waals surface area (Å²) >= 11 is 1.74. The summed E-state index contributed by atoms with van der Waals surface area (Å²) in [5, 5.41) is 2.07. The molecule has 0 bridgehead atoms. The van der Waals surface area contributed by atoms with Gasteiger partial charge in [-0.25, -0.2) is 0 Å². The first kappa shape index (κ1) is 16.3. The molecule has 0 N–H and O–H groups in total. The molecule has 0 spiro atoms. The first-order valence-electron chi connectivity index (χ1n) is 8.26. The molecule has 0 aliphatic carbocycles. The minimum atomic E-state index is -0.0774. The van der Waals surface area contributed by atoms with Gasteiger partial charge in [-0.15, -0.1) is 11.3 Å². The van der Waals surface area contributed by atoms with E-state index in [0.29, 0.717) is 19.1 Å². The molecule has 2 aromatic rings. The zero-order valence-corrected chi connectivity index (χ0v) is 14.1. The highest BCUT2D eigenvalue weighted by molar-refractivity contribution is 7.09. The highest BCUT2D eigenvalue weighted by Gasteiger charge is 2.26. The molecular formula is C18H23NO3S. The Balaban J connectivity index is 1.36. The minimum absolute atomic E-state index is 0.0774. The molecule has 1 saturated heterocycles. The molecule has 0 aromatic carbocycles. The van der Waals surface area contributed by atoms with Crippen LogP contribution in [0.4, 0.5) is 0 Å². The number of carbonyl (C=O) groups is 1. The molecule has 124 valence electrons. The second kappa shape index (κ2) is 8.31. The van der Waals surface area contributed by atoms with Crippen LogP contribution in [0.1, 0.15) is 36.3 Å². The maximum atomic E-state index is 11.9. The van der Waals surface area contributed by atoms with Crippen LogP contribution in [-0.4, -0.2) is 30.1 Å². The fourth-order valence-electron chi connectivity index (χ4n) is 3.02. The van der Waals surface area contributed by atoms with Gasteiger partial charge in [-0.3, -0.25) is 9.69 Å². The predicted molar refractivity (Wildman–Crippen MR) is 90.4 cm³/mol. The number of hydrogen-bond acceptors (Lipinski definition) is 5. The molecule has 23 heavy (non-hydrogen) atoms.